The van der Waals surface area contributed by atoms with E-state index in [-0.39, 0.29) is 6.61 Å². The largest absolute Gasteiger partial charge is 0.478 e. The normalized spacial score (nSPS) is 10.1. The minimum absolute atomic E-state index is 0.215. The standard InChI is InChI=1S/C7H9ClO4/c8-4-1-5-12-7(11)3-2-6(9)10/h2-3H,1,4-5H2,(H,9,10)/b3-2-. The molecule has 5 heteroatoms. The number of hydrogen-bond acceptors (Lipinski definition) is 3. The predicted molar refractivity (Wildman–Crippen MR) is 43.1 cm³/mol. The summed E-state index contributed by atoms with van der Waals surface area (Å²) in [6.45, 7) is 0.215. The van der Waals surface area contributed by atoms with Crippen molar-refractivity contribution in [2.24, 2.45) is 0 Å². The molecule has 0 amide bonds. The third-order valence-corrected chi connectivity index (χ3v) is 1.15. The molecule has 68 valence electrons. The van der Waals surface area contributed by atoms with E-state index >= 15 is 0 Å². The fourth-order valence-corrected chi connectivity index (χ4v) is 0.524. The van der Waals surface area contributed by atoms with Gasteiger partial charge in [0.05, 0.1) is 6.61 Å². The van der Waals surface area contributed by atoms with Crippen LogP contribution in [0.2, 0.25) is 0 Å². The molecule has 0 aromatic heterocycles. The van der Waals surface area contributed by atoms with Gasteiger partial charge < -0.3 is 9.84 Å². The summed E-state index contributed by atoms with van der Waals surface area (Å²) in [6, 6.07) is 0. The highest BCUT2D eigenvalue weighted by molar-refractivity contribution is 6.17. The van der Waals surface area contributed by atoms with Gasteiger partial charge >= 0.3 is 11.9 Å². The molecule has 0 fully saturated rings. The molecular formula is C7H9ClO4. The molecule has 0 saturated heterocycles. The summed E-state index contributed by atoms with van der Waals surface area (Å²) in [5.41, 5.74) is 0. The lowest BCUT2D eigenvalue weighted by Crippen LogP contribution is -2.03. The average Bonchev–Trinajstić information content (AvgIpc) is 2.01. The molecule has 12 heavy (non-hydrogen) atoms. The van der Waals surface area contributed by atoms with E-state index in [1.807, 2.05) is 0 Å². The number of ether oxygens (including phenoxy) is 1. The summed E-state index contributed by atoms with van der Waals surface area (Å²) in [5, 5.41) is 8.12. The van der Waals surface area contributed by atoms with Crippen molar-refractivity contribution >= 4 is 23.5 Å². The van der Waals surface area contributed by atoms with Crippen molar-refractivity contribution in [3.8, 4) is 0 Å². The maximum Gasteiger partial charge on any atom is 0.331 e. The monoisotopic (exact) mass is 192 g/mol. The van der Waals surface area contributed by atoms with E-state index in [1.165, 1.54) is 0 Å². The van der Waals surface area contributed by atoms with Crippen LogP contribution in [0.15, 0.2) is 12.2 Å². The van der Waals surface area contributed by atoms with Crippen LogP contribution in [0.1, 0.15) is 6.42 Å². The lowest BCUT2D eigenvalue weighted by atomic mass is 10.5. The Hall–Kier alpha value is -1.03. The molecule has 0 rings (SSSR count). The molecule has 0 aliphatic heterocycles. The van der Waals surface area contributed by atoms with E-state index < -0.39 is 11.9 Å². The second-order valence-corrected chi connectivity index (χ2v) is 2.26. The van der Waals surface area contributed by atoms with Gasteiger partial charge in [-0.15, -0.1) is 11.6 Å². The number of alkyl halides is 1. The summed E-state index contributed by atoms with van der Waals surface area (Å²) in [5.74, 6) is -1.43. The number of esters is 1. The van der Waals surface area contributed by atoms with Crippen LogP contribution in [0.3, 0.4) is 0 Å². The lowest BCUT2D eigenvalue weighted by molar-refractivity contribution is -0.138. The molecule has 1 N–H and O–H groups in total. The van der Waals surface area contributed by atoms with Gasteiger partial charge in [0.15, 0.2) is 0 Å². The average molecular weight is 193 g/mol. The topological polar surface area (TPSA) is 63.6 Å². The van der Waals surface area contributed by atoms with Gasteiger partial charge in [0, 0.05) is 18.0 Å². The van der Waals surface area contributed by atoms with Crippen LogP contribution in [0.4, 0.5) is 0 Å². The van der Waals surface area contributed by atoms with E-state index in [2.05, 4.69) is 4.74 Å². The first-order valence-electron chi connectivity index (χ1n) is 3.30. The van der Waals surface area contributed by atoms with Crippen LogP contribution in [-0.2, 0) is 14.3 Å². The summed E-state index contributed by atoms with van der Waals surface area (Å²) in [4.78, 5) is 20.5. The number of carboxylic acids is 1. The third kappa shape index (κ3) is 7.08. The van der Waals surface area contributed by atoms with E-state index in [0.29, 0.717) is 12.3 Å². The van der Waals surface area contributed by atoms with Crippen molar-refractivity contribution in [1.29, 1.82) is 0 Å². The maximum atomic E-state index is 10.6. The van der Waals surface area contributed by atoms with Crippen molar-refractivity contribution in [3.63, 3.8) is 0 Å². The smallest absolute Gasteiger partial charge is 0.331 e. The molecule has 0 spiro atoms. The summed E-state index contributed by atoms with van der Waals surface area (Å²) >= 11 is 5.31. The molecule has 4 nitrogen and oxygen atoms in total. The van der Waals surface area contributed by atoms with Crippen LogP contribution < -0.4 is 0 Å². The molecule has 0 aromatic rings. The highest BCUT2D eigenvalue weighted by Gasteiger charge is 1.96. The van der Waals surface area contributed by atoms with Gasteiger partial charge in [0.2, 0.25) is 0 Å². The maximum absolute atomic E-state index is 10.6. The zero-order chi connectivity index (χ0) is 9.40. The Bertz CT molecular complexity index is 188. The van der Waals surface area contributed by atoms with E-state index in [1.54, 1.807) is 0 Å². The van der Waals surface area contributed by atoms with Gasteiger partial charge in [-0.2, -0.15) is 0 Å². The van der Waals surface area contributed by atoms with Crippen molar-refractivity contribution in [2.75, 3.05) is 12.5 Å². The molecule has 0 aliphatic carbocycles. The molecule has 0 bridgehead atoms. The lowest BCUT2D eigenvalue weighted by Gasteiger charge is -1.97. The highest BCUT2D eigenvalue weighted by Crippen LogP contribution is 1.88. The zero-order valence-corrected chi connectivity index (χ0v) is 7.08. The molecule has 0 unspecified atom stereocenters. The first-order valence-corrected chi connectivity index (χ1v) is 3.84. The van der Waals surface area contributed by atoms with Gasteiger partial charge in [-0.05, 0) is 6.42 Å². The summed E-state index contributed by atoms with van der Waals surface area (Å²) in [6.07, 6.45) is 2.15. The fraction of sp³-hybridized carbons (Fsp3) is 0.429. The van der Waals surface area contributed by atoms with Gasteiger partial charge in [-0.3, -0.25) is 0 Å². The van der Waals surface area contributed by atoms with E-state index in [4.69, 9.17) is 16.7 Å². The first kappa shape index (κ1) is 11.0. The Kier molecular flexibility index (Phi) is 6.09. The predicted octanol–water partition coefficient (Wildman–Crippen LogP) is 0.799. The number of aliphatic carboxylic acids is 1. The van der Waals surface area contributed by atoms with Crippen LogP contribution in [-0.4, -0.2) is 29.5 Å². The molecule has 0 radical (unpaired) electrons. The number of carbonyl (C=O) groups is 2. The third-order valence-electron chi connectivity index (χ3n) is 0.884. The molecular weight excluding hydrogens is 184 g/mol. The van der Waals surface area contributed by atoms with Gasteiger partial charge in [0.25, 0.3) is 0 Å². The SMILES string of the molecule is O=C(O)/C=C\C(=O)OCCCCl. The molecule has 0 saturated carbocycles. The van der Waals surface area contributed by atoms with E-state index in [9.17, 15) is 9.59 Å². The van der Waals surface area contributed by atoms with Crippen molar-refractivity contribution in [1.82, 2.24) is 0 Å². The molecule has 0 aliphatic rings. The number of carbonyl (C=O) groups excluding carboxylic acids is 1. The van der Waals surface area contributed by atoms with Gasteiger partial charge in [-0.25, -0.2) is 9.59 Å². The van der Waals surface area contributed by atoms with Crippen LogP contribution in [0.25, 0.3) is 0 Å². The Morgan fingerprint density at radius 1 is 1.42 bits per heavy atom. The molecule has 0 heterocycles. The second kappa shape index (κ2) is 6.67. The van der Waals surface area contributed by atoms with Crippen LogP contribution in [0.5, 0.6) is 0 Å². The van der Waals surface area contributed by atoms with Crippen molar-refractivity contribution in [3.05, 3.63) is 12.2 Å². The quantitative estimate of drug-likeness (QED) is 0.303. The Labute approximate surface area is 74.8 Å². The number of halogens is 1. The van der Waals surface area contributed by atoms with Crippen LogP contribution >= 0.6 is 11.6 Å². The number of rotatable bonds is 5. The molecule has 0 atom stereocenters. The summed E-state index contributed by atoms with van der Waals surface area (Å²) < 4.78 is 4.56. The highest BCUT2D eigenvalue weighted by atomic mass is 35.5. The summed E-state index contributed by atoms with van der Waals surface area (Å²) in [7, 11) is 0. The molecule has 0 aromatic carbocycles. The van der Waals surface area contributed by atoms with Crippen LogP contribution in [0, 0.1) is 0 Å². The minimum atomic E-state index is -1.18. The van der Waals surface area contributed by atoms with Crippen molar-refractivity contribution in [2.45, 2.75) is 6.42 Å². The first-order chi connectivity index (χ1) is 5.66. The van der Waals surface area contributed by atoms with Gasteiger partial charge in [-0.1, -0.05) is 0 Å². The Morgan fingerprint density at radius 2 is 2.08 bits per heavy atom. The van der Waals surface area contributed by atoms with Crippen molar-refractivity contribution < 1.29 is 19.4 Å². The van der Waals surface area contributed by atoms with E-state index in [0.717, 1.165) is 12.2 Å². The Morgan fingerprint density at radius 3 is 2.58 bits per heavy atom. The minimum Gasteiger partial charge on any atom is -0.478 e. The number of hydrogen-bond donors (Lipinski definition) is 1. The fourth-order valence-electron chi connectivity index (χ4n) is 0.415. The zero-order valence-electron chi connectivity index (χ0n) is 6.33. The number of carboxylic acid groups (broad SMARTS) is 1. The Balaban J connectivity index is 3.53. The second-order valence-electron chi connectivity index (χ2n) is 1.88. The van der Waals surface area contributed by atoms with Gasteiger partial charge in [0.1, 0.15) is 0 Å².